The summed E-state index contributed by atoms with van der Waals surface area (Å²) in [6, 6.07) is 1.14. The number of aliphatic hydroxyl groups is 2. The largest absolute Gasteiger partial charge is 0.394 e. The number of aromatic nitrogens is 2. The lowest BCUT2D eigenvalue weighted by Crippen LogP contribution is -2.39. The van der Waals surface area contributed by atoms with Crippen LogP contribution in [0.25, 0.3) is 6.08 Å². The first-order valence-electron chi connectivity index (χ1n) is 4.85. The minimum absolute atomic E-state index is 0.290. The molecule has 1 aromatic rings. The number of aliphatic hydroxyl groups excluding tert-OH is 2. The summed E-state index contributed by atoms with van der Waals surface area (Å²) in [5, 5.41) is 23.9. The molecule has 16 heavy (non-hydrogen) atoms. The van der Waals surface area contributed by atoms with Crippen molar-refractivity contribution in [3.05, 3.63) is 24.0 Å². The Bertz CT molecular complexity index is 369. The fraction of sp³-hybridized carbons (Fsp3) is 0.400. The molecule has 1 amide bonds. The third kappa shape index (κ3) is 3.48. The molecular weight excluding hydrogens is 210 g/mol. The van der Waals surface area contributed by atoms with E-state index in [-0.39, 0.29) is 19.1 Å². The first-order chi connectivity index (χ1) is 7.67. The van der Waals surface area contributed by atoms with E-state index in [4.69, 9.17) is 10.2 Å². The summed E-state index contributed by atoms with van der Waals surface area (Å²) in [6.45, 7) is -0.580. The van der Waals surface area contributed by atoms with Gasteiger partial charge < -0.3 is 15.5 Å². The maximum absolute atomic E-state index is 11.3. The molecule has 0 fully saturated rings. The number of hydrogen-bond donors (Lipinski definition) is 3. The summed E-state index contributed by atoms with van der Waals surface area (Å²) >= 11 is 0. The van der Waals surface area contributed by atoms with Crippen LogP contribution in [0.2, 0.25) is 0 Å². The molecule has 0 atom stereocenters. The Morgan fingerprint density at radius 3 is 2.81 bits per heavy atom. The summed E-state index contributed by atoms with van der Waals surface area (Å²) in [5.41, 5.74) is 0.791. The monoisotopic (exact) mass is 225 g/mol. The fourth-order valence-electron chi connectivity index (χ4n) is 1.11. The minimum Gasteiger partial charge on any atom is -0.394 e. The molecule has 0 aliphatic carbocycles. The Morgan fingerprint density at radius 2 is 2.31 bits per heavy atom. The van der Waals surface area contributed by atoms with Gasteiger partial charge in [-0.25, -0.2) is 0 Å². The van der Waals surface area contributed by atoms with Gasteiger partial charge >= 0.3 is 0 Å². The maximum Gasteiger partial charge on any atom is 0.244 e. The Balaban J connectivity index is 2.51. The summed E-state index contributed by atoms with van der Waals surface area (Å²) in [5.74, 6) is -0.366. The van der Waals surface area contributed by atoms with E-state index < -0.39 is 6.04 Å². The summed E-state index contributed by atoms with van der Waals surface area (Å²) in [7, 11) is 1.77. The number of aryl methyl sites for hydroxylation is 1. The van der Waals surface area contributed by atoms with Gasteiger partial charge in [0.05, 0.1) is 24.9 Å². The average molecular weight is 225 g/mol. The van der Waals surface area contributed by atoms with Gasteiger partial charge in [-0.05, 0) is 12.1 Å². The molecule has 1 aromatic heterocycles. The molecule has 0 aliphatic heterocycles. The normalized spacial score (nSPS) is 11.2. The first kappa shape index (κ1) is 12.4. The average Bonchev–Trinajstić information content (AvgIpc) is 2.69. The van der Waals surface area contributed by atoms with Gasteiger partial charge in [-0.15, -0.1) is 0 Å². The van der Waals surface area contributed by atoms with Gasteiger partial charge in [-0.2, -0.15) is 5.10 Å². The Morgan fingerprint density at radius 1 is 1.62 bits per heavy atom. The van der Waals surface area contributed by atoms with Crippen LogP contribution in [0.1, 0.15) is 5.69 Å². The van der Waals surface area contributed by atoms with Gasteiger partial charge in [-0.3, -0.25) is 9.48 Å². The van der Waals surface area contributed by atoms with E-state index in [1.807, 2.05) is 0 Å². The highest BCUT2D eigenvalue weighted by Crippen LogP contribution is 1.98. The number of nitrogens with one attached hydrogen (secondary N) is 1. The highest BCUT2D eigenvalue weighted by atomic mass is 16.3. The molecule has 0 aliphatic rings. The molecule has 1 rings (SSSR count). The van der Waals surface area contributed by atoms with Crippen molar-refractivity contribution in [2.24, 2.45) is 7.05 Å². The molecule has 0 aromatic carbocycles. The molecule has 0 radical (unpaired) electrons. The summed E-state index contributed by atoms with van der Waals surface area (Å²) in [4.78, 5) is 11.3. The van der Waals surface area contributed by atoms with Crippen molar-refractivity contribution in [1.82, 2.24) is 15.1 Å². The number of rotatable bonds is 5. The second-order valence-electron chi connectivity index (χ2n) is 3.28. The van der Waals surface area contributed by atoms with E-state index in [1.54, 1.807) is 30.1 Å². The molecule has 0 saturated heterocycles. The van der Waals surface area contributed by atoms with Crippen LogP contribution < -0.4 is 5.32 Å². The first-order valence-corrected chi connectivity index (χ1v) is 4.85. The molecule has 0 spiro atoms. The molecule has 0 bridgehead atoms. The van der Waals surface area contributed by atoms with Gasteiger partial charge in [-0.1, -0.05) is 0 Å². The zero-order chi connectivity index (χ0) is 12.0. The second-order valence-corrected chi connectivity index (χ2v) is 3.28. The third-order valence-electron chi connectivity index (χ3n) is 2.05. The Kier molecular flexibility index (Phi) is 4.68. The number of amides is 1. The lowest BCUT2D eigenvalue weighted by molar-refractivity contribution is -0.117. The van der Waals surface area contributed by atoms with Crippen LogP contribution in [0.3, 0.4) is 0 Å². The summed E-state index contributed by atoms with van der Waals surface area (Å²) < 4.78 is 1.62. The van der Waals surface area contributed by atoms with Gasteiger partial charge in [0.2, 0.25) is 5.91 Å². The SMILES string of the molecule is Cn1nccc1C=CC(=O)NC(CO)CO. The molecule has 6 heteroatoms. The van der Waals surface area contributed by atoms with Crippen LogP contribution in [0.5, 0.6) is 0 Å². The molecular formula is C10H15N3O3. The van der Waals surface area contributed by atoms with Gasteiger partial charge in [0.25, 0.3) is 0 Å². The lowest BCUT2D eigenvalue weighted by Gasteiger charge is -2.10. The van der Waals surface area contributed by atoms with Gasteiger partial charge in [0.1, 0.15) is 0 Å². The van der Waals surface area contributed by atoms with E-state index in [9.17, 15) is 4.79 Å². The predicted octanol–water partition coefficient (Wildman–Crippen LogP) is -1.10. The smallest absolute Gasteiger partial charge is 0.244 e. The highest BCUT2D eigenvalue weighted by molar-refractivity contribution is 5.91. The number of nitrogens with zero attached hydrogens (tertiary/aromatic N) is 2. The van der Waals surface area contributed by atoms with Crippen molar-refractivity contribution in [2.75, 3.05) is 13.2 Å². The van der Waals surface area contributed by atoms with E-state index >= 15 is 0 Å². The quantitative estimate of drug-likeness (QED) is 0.555. The summed E-state index contributed by atoms with van der Waals surface area (Å²) in [6.07, 6.45) is 4.56. The lowest BCUT2D eigenvalue weighted by atomic mass is 10.3. The molecule has 1 heterocycles. The van der Waals surface area contributed by atoms with Crippen molar-refractivity contribution in [1.29, 1.82) is 0 Å². The third-order valence-corrected chi connectivity index (χ3v) is 2.05. The molecule has 6 nitrogen and oxygen atoms in total. The van der Waals surface area contributed by atoms with Crippen LogP contribution in [-0.4, -0.2) is 45.2 Å². The van der Waals surface area contributed by atoms with Crippen LogP contribution >= 0.6 is 0 Å². The van der Waals surface area contributed by atoms with Crippen molar-refractivity contribution >= 4 is 12.0 Å². The second kappa shape index (κ2) is 6.04. The van der Waals surface area contributed by atoms with Gasteiger partial charge in [0.15, 0.2) is 0 Å². The standard InChI is InChI=1S/C10H15N3O3/c1-13-9(4-5-11-13)2-3-10(16)12-8(6-14)7-15/h2-5,8,14-15H,6-7H2,1H3,(H,12,16). The Hall–Kier alpha value is -1.66. The number of hydrogen-bond acceptors (Lipinski definition) is 4. The van der Waals surface area contributed by atoms with Crippen molar-refractivity contribution in [3.8, 4) is 0 Å². The zero-order valence-electron chi connectivity index (χ0n) is 9.00. The molecule has 88 valence electrons. The van der Waals surface area contributed by atoms with Crippen molar-refractivity contribution < 1.29 is 15.0 Å². The molecule has 0 saturated carbocycles. The zero-order valence-corrected chi connectivity index (χ0v) is 9.00. The Labute approximate surface area is 93.2 Å². The van der Waals surface area contributed by atoms with E-state index in [1.165, 1.54) is 6.08 Å². The minimum atomic E-state index is -0.622. The number of carbonyl (C=O) groups is 1. The maximum atomic E-state index is 11.3. The predicted molar refractivity (Wildman–Crippen MR) is 58.3 cm³/mol. The highest BCUT2D eigenvalue weighted by Gasteiger charge is 2.07. The van der Waals surface area contributed by atoms with E-state index in [0.29, 0.717) is 0 Å². The molecule has 0 unspecified atom stereocenters. The van der Waals surface area contributed by atoms with E-state index in [0.717, 1.165) is 5.69 Å². The molecule has 3 N–H and O–H groups in total. The van der Waals surface area contributed by atoms with Crippen molar-refractivity contribution in [3.63, 3.8) is 0 Å². The fourth-order valence-corrected chi connectivity index (χ4v) is 1.11. The number of carbonyl (C=O) groups excluding carboxylic acids is 1. The van der Waals surface area contributed by atoms with Crippen LogP contribution in [0, 0.1) is 0 Å². The van der Waals surface area contributed by atoms with Crippen LogP contribution in [0.4, 0.5) is 0 Å². The van der Waals surface area contributed by atoms with E-state index in [2.05, 4.69) is 10.4 Å². The van der Waals surface area contributed by atoms with Crippen LogP contribution in [0.15, 0.2) is 18.3 Å². The van der Waals surface area contributed by atoms with Gasteiger partial charge in [0, 0.05) is 19.3 Å². The topological polar surface area (TPSA) is 87.4 Å². The van der Waals surface area contributed by atoms with Crippen LogP contribution in [-0.2, 0) is 11.8 Å². The van der Waals surface area contributed by atoms with Crippen molar-refractivity contribution in [2.45, 2.75) is 6.04 Å².